The van der Waals surface area contributed by atoms with Gasteiger partial charge in [-0.1, -0.05) is 0 Å². The van der Waals surface area contributed by atoms with Crippen LogP contribution in [0.25, 0.3) is 0 Å². The smallest absolute Gasteiger partial charge is 0.410 e. The van der Waals surface area contributed by atoms with Gasteiger partial charge in [-0.2, -0.15) is 0 Å². The number of nitrogens with zero attached hydrogens (tertiary/aromatic N) is 1. The summed E-state index contributed by atoms with van der Waals surface area (Å²) < 4.78 is 41.7. The summed E-state index contributed by atoms with van der Waals surface area (Å²) in [6, 6.07) is 0. The minimum Gasteiger partial charge on any atom is -0.444 e. The number of methoxy groups -OCH3 is 1. The topological polar surface area (TPSA) is 94.2 Å². The van der Waals surface area contributed by atoms with Crippen molar-refractivity contribution in [2.75, 3.05) is 45.7 Å². The second kappa shape index (κ2) is 8.09. The van der Waals surface area contributed by atoms with Crippen molar-refractivity contribution in [2.24, 2.45) is 0 Å². The summed E-state index contributed by atoms with van der Waals surface area (Å²) in [7, 11) is -1.97. The van der Waals surface area contributed by atoms with Gasteiger partial charge in [0.2, 0.25) is 10.0 Å². The van der Waals surface area contributed by atoms with Crippen molar-refractivity contribution in [3.8, 4) is 0 Å². The summed E-state index contributed by atoms with van der Waals surface area (Å²) in [5.41, 5.74) is -0.585. The van der Waals surface area contributed by atoms with Gasteiger partial charge < -0.3 is 19.1 Å². The van der Waals surface area contributed by atoms with Gasteiger partial charge >= 0.3 is 6.09 Å². The van der Waals surface area contributed by atoms with Crippen LogP contribution in [0.15, 0.2) is 0 Å². The number of hydrogen-bond acceptors (Lipinski definition) is 6. The number of hydrogen-bond donors (Lipinski definition) is 1. The molecule has 1 aliphatic rings. The van der Waals surface area contributed by atoms with Crippen molar-refractivity contribution < 1.29 is 27.4 Å². The standard InChI is InChI=1S/C13H26N2O6S/c1-13(2,3)21-12(16)15-6-8-20-11(9-15)10-22(17,18)14-5-7-19-4/h11,14H,5-10H2,1-4H3/t11-/m1/s1. The third-order valence-corrected chi connectivity index (χ3v) is 4.28. The molecule has 1 saturated heterocycles. The van der Waals surface area contributed by atoms with Crippen LogP contribution in [0.3, 0.4) is 0 Å². The summed E-state index contributed by atoms with van der Waals surface area (Å²) >= 11 is 0. The van der Waals surface area contributed by atoms with Crippen molar-refractivity contribution in [1.82, 2.24) is 9.62 Å². The first-order valence-corrected chi connectivity index (χ1v) is 8.84. The molecule has 1 rings (SSSR count). The van der Waals surface area contributed by atoms with Crippen LogP contribution in [-0.2, 0) is 24.2 Å². The average Bonchev–Trinajstić information content (AvgIpc) is 2.36. The van der Waals surface area contributed by atoms with E-state index in [1.54, 1.807) is 20.8 Å². The molecule has 9 heteroatoms. The largest absolute Gasteiger partial charge is 0.444 e. The highest BCUT2D eigenvalue weighted by Crippen LogP contribution is 2.13. The van der Waals surface area contributed by atoms with E-state index in [2.05, 4.69) is 4.72 Å². The summed E-state index contributed by atoms with van der Waals surface area (Å²) in [6.07, 6.45) is -1.02. The van der Waals surface area contributed by atoms with E-state index < -0.39 is 27.8 Å². The lowest BCUT2D eigenvalue weighted by atomic mass is 10.2. The Labute approximate surface area is 132 Å². The first-order chi connectivity index (χ1) is 10.1. The van der Waals surface area contributed by atoms with E-state index in [4.69, 9.17) is 14.2 Å². The lowest BCUT2D eigenvalue weighted by Crippen LogP contribution is -2.50. The maximum absolute atomic E-state index is 12.0. The molecular formula is C13H26N2O6S. The molecule has 22 heavy (non-hydrogen) atoms. The van der Waals surface area contributed by atoms with Crippen molar-refractivity contribution in [2.45, 2.75) is 32.5 Å². The molecule has 0 spiro atoms. The zero-order valence-electron chi connectivity index (χ0n) is 13.6. The first kappa shape index (κ1) is 19.1. The maximum atomic E-state index is 12.0. The van der Waals surface area contributed by atoms with Gasteiger partial charge in [0.15, 0.2) is 0 Å². The number of ether oxygens (including phenoxy) is 3. The summed E-state index contributed by atoms with van der Waals surface area (Å²) in [6.45, 7) is 6.74. The predicted octanol–water partition coefficient (Wildman–Crippen LogP) is 0.188. The fourth-order valence-electron chi connectivity index (χ4n) is 1.92. The second-order valence-electron chi connectivity index (χ2n) is 6.09. The number of amides is 1. The normalized spacial score (nSPS) is 20.0. The summed E-state index contributed by atoms with van der Waals surface area (Å²) in [5, 5.41) is 0. The van der Waals surface area contributed by atoms with E-state index in [1.165, 1.54) is 12.0 Å². The van der Waals surface area contributed by atoms with E-state index in [1.807, 2.05) is 0 Å². The number of nitrogens with one attached hydrogen (secondary N) is 1. The molecule has 1 atom stereocenters. The van der Waals surface area contributed by atoms with Crippen LogP contribution < -0.4 is 4.72 Å². The Morgan fingerprint density at radius 3 is 2.68 bits per heavy atom. The van der Waals surface area contributed by atoms with Crippen LogP contribution in [0.5, 0.6) is 0 Å². The number of sulfonamides is 1. The van der Waals surface area contributed by atoms with Crippen molar-refractivity contribution in [3.63, 3.8) is 0 Å². The van der Waals surface area contributed by atoms with E-state index in [0.29, 0.717) is 13.2 Å². The number of rotatable bonds is 6. The molecule has 1 amide bonds. The third-order valence-electron chi connectivity index (χ3n) is 2.82. The molecule has 0 aromatic rings. The molecule has 8 nitrogen and oxygen atoms in total. The third kappa shape index (κ3) is 7.39. The van der Waals surface area contributed by atoms with E-state index in [9.17, 15) is 13.2 Å². The Morgan fingerprint density at radius 2 is 2.09 bits per heavy atom. The highest BCUT2D eigenvalue weighted by Gasteiger charge is 2.30. The molecule has 0 aliphatic carbocycles. The first-order valence-electron chi connectivity index (χ1n) is 7.19. The molecule has 0 aromatic heterocycles. The SMILES string of the molecule is COCCNS(=O)(=O)C[C@H]1CN(C(=O)OC(C)(C)C)CCO1. The molecule has 0 radical (unpaired) electrons. The predicted molar refractivity (Wildman–Crippen MR) is 81.2 cm³/mol. The van der Waals surface area contributed by atoms with Gasteiger partial charge in [-0.15, -0.1) is 0 Å². The van der Waals surface area contributed by atoms with Gasteiger partial charge in [0, 0.05) is 20.2 Å². The van der Waals surface area contributed by atoms with Crippen molar-refractivity contribution >= 4 is 16.1 Å². The number of carbonyl (C=O) groups excluding carboxylic acids is 1. The van der Waals surface area contributed by atoms with Crippen LogP contribution in [-0.4, -0.2) is 76.8 Å². The fraction of sp³-hybridized carbons (Fsp3) is 0.923. The highest BCUT2D eigenvalue weighted by molar-refractivity contribution is 7.89. The zero-order chi connectivity index (χ0) is 16.8. The quantitative estimate of drug-likeness (QED) is 0.695. The van der Waals surface area contributed by atoms with Crippen LogP contribution in [0.1, 0.15) is 20.8 Å². The Kier molecular flexibility index (Phi) is 7.04. The maximum Gasteiger partial charge on any atom is 0.410 e. The van der Waals surface area contributed by atoms with Crippen LogP contribution >= 0.6 is 0 Å². The average molecular weight is 338 g/mol. The Bertz CT molecular complexity index is 460. The molecule has 1 heterocycles. The van der Waals surface area contributed by atoms with Gasteiger partial charge in [0.25, 0.3) is 0 Å². The molecular weight excluding hydrogens is 312 g/mol. The second-order valence-corrected chi connectivity index (χ2v) is 7.94. The van der Waals surface area contributed by atoms with Gasteiger partial charge in [0.1, 0.15) is 5.60 Å². The Morgan fingerprint density at radius 1 is 1.41 bits per heavy atom. The van der Waals surface area contributed by atoms with Crippen molar-refractivity contribution in [1.29, 1.82) is 0 Å². The molecule has 130 valence electrons. The van der Waals surface area contributed by atoms with Crippen molar-refractivity contribution in [3.05, 3.63) is 0 Å². The Balaban J connectivity index is 2.51. The molecule has 1 aliphatic heterocycles. The molecule has 0 saturated carbocycles. The van der Waals surface area contributed by atoms with Gasteiger partial charge in [-0.25, -0.2) is 17.9 Å². The van der Waals surface area contributed by atoms with E-state index in [0.717, 1.165) is 0 Å². The molecule has 0 bridgehead atoms. The van der Waals surface area contributed by atoms with Crippen LogP contribution in [0.2, 0.25) is 0 Å². The zero-order valence-corrected chi connectivity index (χ0v) is 14.4. The number of carbonyl (C=O) groups is 1. The van der Waals surface area contributed by atoms with Gasteiger partial charge in [-0.05, 0) is 20.8 Å². The Hall–Kier alpha value is -0.900. The minimum atomic E-state index is -3.47. The molecule has 1 fully saturated rings. The lowest BCUT2D eigenvalue weighted by molar-refractivity contribution is -0.0343. The van der Waals surface area contributed by atoms with Gasteiger partial charge in [0.05, 0.1) is 31.6 Å². The van der Waals surface area contributed by atoms with E-state index >= 15 is 0 Å². The molecule has 1 N–H and O–H groups in total. The monoisotopic (exact) mass is 338 g/mol. The molecule has 0 aromatic carbocycles. The highest BCUT2D eigenvalue weighted by atomic mass is 32.2. The van der Waals surface area contributed by atoms with Gasteiger partial charge in [-0.3, -0.25) is 0 Å². The van der Waals surface area contributed by atoms with E-state index in [-0.39, 0.29) is 25.4 Å². The van der Waals surface area contributed by atoms with Crippen LogP contribution in [0, 0.1) is 0 Å². The number of morpholine rings is 1. The summed E-state index contributed by atoms with van der Waals surface area (Å²) in [5.74, 6) is -0.198. The lowest BCUT2D eigenvalue weighted by Gasteiger charge is -2.34. The minimum absolute atomic E-state index is 0.195. The summed E-state index contributed by atoms with van der Waals surface area (Å²) in [4.78, 5) is 13.5. The molecule has 0 unspecified atom stereocenters. The fourth-order valence-corrected chi connectivity index (χ4v) is 3.12. The van der Waals surface area contributed by atoms with Crippen LogP contribution in [0.4, 0.5) is 4.79 Å².